The van der Waals surface area contributed by atoms with E-state index in [1.807, 2.05) is 6.08 Å². The first kappa shape index (κ1) is 12.2. The molecule has 2 rings (SSSR count). The van der Waals surface area contributed by atoms with E-state index in [9.17, 15) is 0 Å². The van der Waals surface area contributed by atoms with Crippen molar-refractivity contribution >= 4 is 6.08 Å². The maximum absolute atomic E-state index is 3.86. The molecule has 0 aliphatic heterocycles. The molecule has 0 N–H and O–H groups in total. The molecule has 1 radical (unpaired) electrons. The van der Waals surface area contributed by atoms with E-state index >= 15 is 0 Å². The van der Waals surface area contributed by atoms with Gasteiger partial charge in [-0.2, -0.15) is 0 Å². The molecule has 0 atom stereocenters. The van der Waals surface area contributed by atoms with Gasteiger partial charge in [0.2, 0.25) is 0 Å². The lowest BCUT2D eigenvalue weighted by Crippen LogP contribution is -1.99. The number of fused-ring (bicyclic) bond motifs is 1. The Morgan fingerprint density at radius 3 is 2.88 bits per heavy atom. The summed E-state index contributed by atoms with van der Waals surface area (Å²) in [6, 6.07) is 4.50. The Hall–Kier alpha value is -1.30. The third kappa shape index (κ3) is 2.69. The molecule has 0 amide bonds. The van der Waals surface area contributed by atoms with E-state index in [1.54, 1.807) is 5.56 Å². The zero-order valence-corrected chi connectivity index (χ0v) is 10.7. The van der Waals surface area contributed by atoms with Gasteiger partial charge in [-0.3, -0.25) is 0 Å². The summed E-state index contributed by atoms with van der Waals surface area (Å²) < 4.78 is 0. The number of unbranched alkanes of at least 4 members (excludes halogenated alkanes) is 2. The monoisotopic (exact) mass is 225 g/mol. The van der Waals surface area contributed by atoms with Crippen LogP contribution in [0.2, 0.25) is 0 Å². The molecule has 1 aliphatic carbocycles. The fraction of sp³-hybridized carbons (Fsp3) is 0.353. The average molecular weight is 225 g/mol. The van der Waals surface area contributed by atoms with Gasteiger partial charge in [0.05, 0.1) is 0 Å². The van der Waals surface area contributed by atoms with Gasteiger partial charge >= 0.3 is 0 Å². The largest absolute Gasteiger partial charge is 0.103 e. The standard InChI is InChI=1S/C17H21/c1-3-5-6-10-16-14(8-4-2)12-13-15-9-7-11-17(15)16/h4,7,9,11-13H,2-3,5-6,8,10H2,1H3. The minimum absolute atomic E-state index is 0.989. The van der Waals surface area contributed by atoms with Gasteiger partial charge in [0, 0.05) is 6.42 Å². The Morgan fingerprint density at radius 1 is 1.24 bits per heavy atom. The van der Waals surface area contributed by atoms with E-state index < -0.39 is 0 Å². The number of allylic oxidation sites excluding steroid dienone is 2. The maximum Gasteiger partial charge on any atom is 0.0131 e. The first-order chi connectivity index (χ1) is 8.36. The first-order valence-electron chi connectivity index (χ1n) is 6.64. The lowest BCUT2D eigenvalue weighted by molar-refractivity contribution is 0.714. The second-order valence-corrected chi connectivity index (χ2v) is 4.68. The second kappa shape index (κ2) is 5.86. The highest BCUT2D eigenvalue weighted by Crippen LogP contribution is 2.29. The summed E-state index contributed by atoms with van der Waals surface area (Å²) in [5.74, 6) is 0. The van der Waals surface area contributed by atoms with Crippen LogP contribution >= 0.6 is 0 Å². The SMILES string of the molecule is C=CCc1ccc2c(c1CCCCC)C=C[CH]2. The van der Waals surface area contributed by atoms with Crippen LogP contribution in [-0.4, -0.2) is 0 Å². The lowest BCUT2D eigenvalue weighted by atomic mass is 9.92. The Morgan fingerprint density at radius 2 is 2.12 bits per heavy atom. The van der Waals surface area contributed by atoms with Gasteiger partial charge in [0.1, 0.15) is 0 Å². The summed E-state index contributed by atoms with van der Waals surface area (Å²) in [6.45, 7) is 6.12. The molecule has 0 spiro atoms. The molecule has 0 aromatic heterocycles. The van der Waals surface area contributed by atoms with Gasteiger partial charge in [-0.1, -0.05) is 50.1 Å². The molecule has 0 bridgehead atoms. The third-order valence-corrected chi connectivity index (χ3v) is 3.42. The fourth-order valence-electron chi connectivity index (χ4n) is 2.51. The number of benzene rings is 1. The molecule has 17 heavy (non-hydrogen) atoms. The summed E-state index contributed by atoms with van der Waals surface area (Å²) in [7, 11) is 0. The predicted molar refractivity (Wildman–Crippen MR) is 76.0 cm³/mol. The predicted octanol–water partition coefficient (Wildman–Crippen LogP) is 4.73. The Balaban J connectivity index is 2.27. The highest BCUT2D eigenvalue weighted by molar-refractivity contribution is 5.69. The summed E-state index contributed by atoms with van der Waals surface area (Å²) in [5.41, 5.74) is 5.82. The lowest BCUT2D eigenvalue weighted by Gasteiger charge is -2.13. The Kier molecular flexibility index (Phi) is 4.19. The maximum atomic E-state index is 3.86. The normalized spacial score (nSPS) is 12.8. The van der Waals surface area contributed by atoms with Crippen molar-refractivity contribution in [2.75, 3.05) is 0 Å². The fourth-order valence-corrected chi connectivity index (χ4v) is 2.51. The van der Waals surface area contributed by atoms with Crippen LogP contribution < -0.4 is 0 Å². The highest BCUT2D eigenvalue weighted by Gasteiger charge is 2.13. The van der Waals surface area contributed by atoms with Gasteiger partial charge in [-0.25, -0.2) is 0 Å². The topological polar surface area (TPSA) is 0 Å². The van der Waals surface area contributed by atoms with Crippen molar-refractivity contribution in [2.45, 2.75) is 39.0 Å². The smallest absolute Gasteiger partial charge is 0.0131 e. The van der Waals surface area contributed by atoms with Crippen LogP contribution in [0.25, 0.3) is 6.08 Å². The van der Waals surface area contributed by atoms with Crippen LogP contribution in [0.1, 0.15) is 48.4 Å². The average Bonchev–Trinajstić information content (AvgIpc) is 2.80. The van der Waals surface area contributed by atoms with E-state index in [4.69, 9.17) is 0 Å². The number of hydrogen-bond donors (Lipinski definition) is 0. The van der Waals surface area contributed by atoms with Crippen LogP contribution in [0.3, 0.4) is 0 Å². The second-order valence-electron chi connectivity index (χ2n) is 4.68. The van der Waals surface area contributed by atoms with E-state index in [0.29, 0.717) is 0 Å². The number of hydrogen-bond acceptors (Lipinski definition) is 0. The van der Waals surface area contributed by atoms with Crippen LogP contribution in [0.5, 0.6) is 0 Å². The molecule has 0 fully saturated rings. The molecule has 0 nitrogen and oxygen atoms in total. The molecule has 89 valence electrons. The van der Waals surface area contributed by atoms with Crippen molar-refractivity contribution in [2.24, 2.45) is 0 Å². The van der Waals surface area contributed by atoms with Crippen molar-refractivity contribution in [3.63, 3.8) is 0 Å². The van der Waals surface area contributed by atoms with Gasteiger partial charge in [-0.15, -0.1) is 6.58 Å². The molecule has 0 heteroatoms. The molecule has 1 aliphatic rings. The van der Waals surface area contributed by atoms with Crippen LogP contribution in [0.4, 0.5) is 0 Å². The molecule has 1 aromatic carbocycles. The molecular formula is C17H21. The van der Waals surface area contributed by atoms with E-state index in [-0.39, 0.29) is 0 Å². The van der Waals surface area contributed by atoms with E-state index in [2.05, 4.69) is 44.2 Å². The van der Waals surface area contributed by atoms with Crippen LogP contribution in [0, 0.1) is 6.42 Å². The van der Waals surface area contributed by atoms with Crippen molar-refractivity contribution in [1.29, 1.82) is 0 Å². The Bertz CT molecular complexity index is 424. The summed E-state index contributed by atoms with van der Waals surface area (Å²) >= 11 is 0. The van der Waals surface area contributed by atoms with Crippen LogP contribution in [0.15, 0.2) is 30.9 Å². The highest BCUT2D eigenvalue weighted by atomic mass is 14.2. The molecule has 0 saturated heterocycles. The molecule has 0 heterocycles. The van der Waals surface area contributed by atoms with Crippen molar-refractivity contribution in [1.82, 2.24) is 0 Å². The first-order valence-corrected chi connectivity index (χ1v) is 6.64. The minimum atomic E-state index is 0.989. The minimum Gasteiger partial charge on any atom is -0.103 e. The molecule has 0 saturated carbocycles. The zero-order valence-electron chi connectivity index (χ0n) is 10.7. The summed E-state index contributed by atoms with van der Waals surface area (Å²) in [6.07, 6.45) is 14.7. The Labute approximate surface area is 105 Å². The third-order valence-electron chi connectivity index (χ3n) is 3.42. The van der Waals surface area contributed by atoms with Gasteiger partial charge in [0.15, 0.2) is 0 Å². The van der Waals surface area contributed by atoms with Crippen molar-refractivity contribution < 1.29 is 0 Å². The van der Waals surface area contributed by atoms with Crippen molar-refractivity contribution in [3.8, 4) is 0 Å². The van der Waals surface area contributed by atoms with Crippen LogP contribution in [-0.2, 0) is 12.8 Å². The summed E-state index contributed by atoms with van der Waals surface area (Å²) in [4.78, 5) is 0. The zero-order chi connectivity index (χ0) is 12.1. The quantitative estimate of drug-likeness (QED) is 0.485. The van der Waals surface area contributed by atoms with E-state index in [1.165, 1.54) is 42.4 Å². The number of rotatable bonds is 6. The van der Waals surface area contributed by atoms with E-state index in [0.717, 1.165) is 6.42 Å². The molecule has 0 unspecified atom stereocenters. The molecular weight excluding hydrogens is 204 g/mol. The summed E-state index contributed by atoms with van der Waals surface area (Å²) in [5, 5.41) is 0. The van der Waals surface area contributed by atoms with Gasteiger partial charge in [-0.05, 0) is 41.5 Å². The van der Waals surface area contributed by atoms with Crippen molar-refractivity contribution in [3.05, 3.63) is 59.5 Å². The van der Waals surface area contributed by atoms with Gasteiger partial charge in [0.25, 0.3) is 0 Å². The van der Waals surface area contributed by atoms with Gasteiger partial charge < -0.3 is 0 Å². The molecule has 1 aromatic rings.